The Hall–Kier alpha value is -0.160. The highest BCUT2D eigenvalue weighted by molar-refractivity contribution is 4.93. The highest BCUT2D eigenvalue weighted by Crippen LogP contribution is 2.27. The quantitative estimate of drug-likeness (QED) is 0.800. The van der Waals surface area contributed by atoms with Crippen molar-refractivity contribution in [3.8, 4) is 0 Å². The third-order valence-electron chi connectivity index (χ3n) is 4.92. The lowest BCUT2D eigenvalue weighted by Crippen LogP contribution is -2.61. The normalized spacial score (nSPS) is 34.6. The predicted octanol–water partition coefficient (Wildman–Crippen LogP) is 1.03. The summed E-state index contributed by atoms with van der Waals surface area (Å²) < 4.78 is 0. The maximum Gasteiger partial charge on any atom is 0.0609 e. The largest absolute Gasteiger partial charge is 0.394 e. The van der Waals surface area contributed by atoms with E-state index >= 15 is 0 Å². The number of fused-ring (bicyclic) bond motifs is 1. The van der Waals surface area contributed by atoms with Gasteiger partial charge in [0.05, 0.1) is 6.61 Å². The summed E-state index contributed by atoms with van der Waals surface area (Å²) in [6.45, 7) is 10.2. The number of piperidine rings is 1. The standard InChI is InChI=1S/C15H31N3O/c1-12(8-15(3,16)11-19)18-10-14-6-4-5-7-17(14)9-13(18)2/h12-14,19H,4-11,16H2,1-3H3. The van der Waals surface area contributed by atoms with Gasteiger partial charge in [-0.25, -0.2) is 0 Å². The Kier molecular flexibility index (Phi) is 4.88. The van der Waals surface area contributed by atoms with Gasteiger partial charge in [0.1, 0.15) is 0 Å². The first kappa shape index (κ1) is 15.2. The van der Waals surface area contributed by atoms with E-state index in [1.807, 2.05) is 6.92 Å². The number of aliphatic hydroxyl groups is 1. The van der Waals surface area contributed by atoms with Gasteiger partial charge in [-0.15, -0.1) is 0 Å². The first-order valence-corrected chi connectivity index (χ1v) is 7.82. The van der Waals surface area contributed by atoms with Gasteiger partial charge in [0.15, 0.2) is 0 Å². The minimum atomic E-state index is -0.456. The lowest BCUT2D eigenvalue weighted by molar-refractivity contribution is -0.0117. The van der Waals surface area contributed by atoms with Gasteiger partial charge < -0.3 is 10.8 Å². The molecule has 0 aromatic rings. The van der Waals surface area contributed by atoms with Gasteiger partial charge in [-0.2, -0.15) is 0 Å². The Balaban J connectivity index is 1.95. The van der Waals surface area contributed by atoms with Crippen molar-refractivity contribution in [3.63, 3.8) is 0 Å². The zero-order chi connectivity index (χ0) is 14.0. The number of rotatable bonds is 4. The monoisotopic (exact) mass is 269 g/mol. The van der Waals surface area contributed by atoms with Crippen LogP contribution >= 0.6 is 0 Å². The van der Waals surface area contributed by atoms with Gasteiger partial charge in [0.25, 0.3) is 0 Å². The molecule has 2 rings (SSSR count). The summed E-state index contributed by atoms with van der Waals surface area (Å²) in [4.78, 5) is 5.28. The maximum atomic E-state index is 9.34. The molecule has 4 unspecified atom stereocenters. The van der Waals surface area contributed by atoms with Crippen LogP contribution in [-0.2, 0) is 0 Å². The van der Waals surface area contributed by atoms with E-state index in [1.165, 1.54) is 38.9 Å². The Morgan fingerprint density at radius 3 is 2.79 bits per heavy atom. The summed E-state index contributed by atoms with van der Waals surface area (Å²) in [6, 6.07) is 1.78. The van der Waals surface area contributed by atoms with Crippen molar-refractivity contribution in [1.82, 2.24) is 9.80 Å². The summed E-state index contributed by atoms with van der Waals surface area (Å²) in [6.07, 6.45) is 4.95. The van der Waals surface area contributed by atoms with Crippen molar-refractivity contribution < 1.29 is 5.11 Å². The number of aliphatic hydroxyl groups excluding tert-OH is 1. The molecule has 0 spiro atoms. The minimum Gasteiger partial charge on any atom is -0.394 e. The first-order chi connectivity index (χ1) is 8.93. The molecule has 2 saturated heterocycles. The average Bonchev–Trinajstić information content (AvgIpc) is 2.37. The maximum absolute atomic E-state index is 9.34. The molecular formula is C15H31N3O. The van der Waals surface area contributed by atoms with Crippen LogP contribution in [0.25, 0.3) is 0 Å². The van der Waals surface area contributed by atoms with Crippen LogP contribution in [0.5, 0.6) is 0 Å². The molecular weight excluding hydrogens is 238 g/mol. The van der Waals surface area contributed by atoms with Crippen LogP contribution in [0.4, 0.5) is 0 Å². The summed E-state index contributed by atoms with van der Waals surface area (Å²) in [5, 5.41) is 9.34. The van der Waals surface area contributed by atoms with Crippen LogP contribution < -0.4 is 5.73 Å². The highest BCUT2D eigenvalue weighted by atomic mass is 16.3. The van der Waals surface area contributed by atoms with Gasteiger partial charge >= 0.3 is 0 Å². The van der Waals surface area contributed by atoms with E-state index < -0.39 is 5.54 Å². The van der Waals surface area contributed by atoms with Gasteiger partial charge in [-0.3, -0.25) is 9.80 Å². The Bertz CT molecular complexity index is 295. The lowest BCUT2D eigenvalue weighted by Gasteiger charge is -2.50. The molecule has 0 amide bonds. The van der Waals surface area contributed by atoms with Crippen LogP contribution in [0.2, 0.25) is 0 Å². The van der Waals surface area contributed by atoms with Crippen molar-refractivity contribution in [1.29, 1.82) is 0 Å². The molecule has 2 fully saturated rings. The molecule has 2 aliphatic rings. The van der Waals surface area contributed by atoms with Crippen molar-refractivity contribution in [2.45, 2.75) is 70.1 Å². The van der Waals surface area contributed by atoms with E-state index in [0.29, 0.717) is 12.1 Å². The molecule has 19 heavy (non-hydrogen) atoms. The van der Waals surface area contributed by atoms with E-state index in [9.17, 15) is 5.11 Å². The zero-order valence-electron chi connectivity index (χ0n) is 12.8. The molecule has 0 aromatic heterocycles. The number of hydrogen-bond acceptors (Lipinski definition) is 4. The summed E-state index contributed by atoms with van der Waals surface area (Å²) in [5.74, 6) is 0. The predicted molar refractivity (Wildman–Crippen MR) is 79.1 cm³/mol. The van der Waals surface area contributed by atoms with Crippen molar-refractivity contribution in [2.24, 2.45) is 5.73 Å². The fraction of sp³-hybridized carbons (Fsp3) is 1.00. The molecule has 112 valence electrons. The summed E-state index contributed by atoms with van der Waals surface area (Å²) >= 11 is 0. The molecule has 4 heteroatoms. The van der Waals surface area contributed by atoms with Crippen molar-refractivity contribution >= 4 is 0 Å². The van der Waals surface area contributed by atoms with E-state index in [0.717, 1.165) is 12.5 Å². The van der Waals surface area contributed by atoms with Gasteiger partial charge in [0, 0.05) is 36.8 Å². The molecule has 0 bridgehead atoms. The third kappa shape index (κ3) is 3.69. The van der Waals surface area contributed by atoms with Gasteiger partial charge in [0.2, 0.25) is 0 Å². The van der Waals surface area contributed by atoms with Crippen molar-refractivity contribution in [3.05, 3.63) is 0 Å². The third-order valence-corrected chi connectivity index (χ3v) is 4.92. The molecule has 3 N–H and O–H groups in total. The Morgan fingerprint density at radius 1 is 1.37 bits per heavy atom. The van der Waals surface area contributed by atoms with Gasteiger partial charge in [-0.1, -0.05) is 6.42 Å². The van der Waals surface area contributed by atoms with Crippen LogP contribution in [-0.4, -0.2) is 64.8 Å². The molecule has 2 heterocycles. The highest BCUT2D eigenvalue weighted by Gasteiger charge is 2.36. The van der Waals surface area contributed by atoms with Crippen LogP contribution in [0.3, 0.4) is 0 Å². The second-order valence-corrected chi connectivity index (χ2v) is 7.06. The average molecular weight is 269 g/mol. The number of nitrogens with two attached hydrogens (primary N) is 1. The number of nitrogens with zero attached hydrogens (tertiary/aromatic N) is 2. The van der Waals surface area contributed by atoms with Crippen LogP contribution in [0.1, 0.15) is 46.5 Å². The Morgan fingerprint density at radius 2 is 2.11 bits per heavy atom. The van der Waals surface area contributed by atoms with Crippen molar-refractivity contribution in [2.75, 3.05) is 26.2 Å². The Labute approximate surface area is 117 Å². The zero-order valence-corrected chi connectivity index (χ0v) is 12.8. The number of piperazine rings is 1. The van der Waals surface area contributed by atoms with Crippen LogP contribution in [0.15, 0.2) is 0 Å². The smallest absolute Gasteiger partial charge is 0.0609 e. The molecule has 0 radical (unpaired) electrons. The van der Waals surface area contributed by atoms with E-state index in [4.69, 9.17) is 5.73 Å². The van der Waals surface area contributed by atoms with Gasteiger partial charge in [-0.05, 0) is 46.6 Å². The summed E-state index contributed by atoms with van der Waals surface area (Å²) in [7, 11) is 0. The minimum absolute atomic E-state index is 0.0646. The molecule has 2 aliphatic heterocycles. The fourth-order valence-corrected chi connectivity index (χ4v) is 3.85. The second kappa shape index (κ2) is 6.08. The second-order valence-electron chi connectivity index (χ2n) is 7.06. The van der Waals surface area contributed by atoms with E-state index in [1.54, 1.807) is 0 Å². The molecule has 4 nitrogen and oxygen atoms in total. The van der Waals surface area contributed by atoms with E-state index in [2.05, 4.69) is 23.6 Å². The molecule has 0 saturated carbocycles. The first-order valence-electron chi connectivity index (χ1n) is 7.82. The SMILES string of the molecule is CC1CN2CCCCC2CN1C(C)CC(C)(N)CO. The molecule has 0 aliphatic carbocycles. The number of hydrogen-bond donors (Lipinski definition) is 2. The van der Waals surface area contributed by atoms with Crippen LogP contribution in [0, 0.1) is 0 Å². The molecule has 0 aromatic carbocycles. The van der Waals surface area contributed by atoms with E-state index in [-0.39, 0.29) is 6.61 Å². The lowest BCUT2D eigenvalue weighted by atomic mass is 9.91. The topological polar surface area (TPSA) is 52.7 Å². The fourth-order valence-electron chi connectivity index (χ4n) is 3.85. The summed E-state index contributed by atoms with van der Waals surface area (Å²) in [5.41, 5.74) is 5.66. The molecule has 4 atom stereocenters.